The molecule has 0 heterocycles. The van der Waals surface area contributed by atoms with Crippen LogP contribution in [0.4, 0.5) is 10.5 Å². The first-order chi connectivity index (χ1) is 21.5. The van der Waals surface area contributed by atoms with Gasteiger partial charge >= 0.3 is 23.9 Å². The van der Waals surface area contributed by atoms with E-state index in [4.69, 9.17) is 0 Å². The minimum Gasteiger partial charge on any atom is -0.481 e. The Kier molecular flexibility index (Phi) is 10.7. The van der Waals surface area contributed by atoms with Crippen LogP contribution in [0, 0.1) is 5.92 Å². The summed E-state index contributed by atoms with van der Waals surface area (Å²) >= 11 is 0. The van der Waals surface area contributed by atoms with Crippen LogP contribution in [-0.4, -0.2) is 58.1 Å². The molecule has 1 aliphatic rings. The fraction of sp³-hybridized carbons (Fsp3) is 0.343. The number of hydrogen-bond donors (Lipinski definition) is 3. The summed E-state index contributed by atoms with van der Waals surface area (Å²) in [4.78, 5) is 63.5. The highest BCUT2D eigenvalue weighted by Crippen LogP contribution is 2.39. The Balaban J connectivity index is 1.49. The molecule has 0 fully saturated rings. The smallest absolute Gasteiger partial charge is 0.337 e. The molecule has 1 aliphatic carbocycles. The van der Waals surface area contributed by atoms with Crippen LogP contribution >= 0.6 is 0 Å². The van der Waals surface area contributed by atoms with Crippen molar-refractivity contribution in [3.8, 4) is 11.1 Å². The van der Waals surface area contributed by atoms with Crippen LogP contribution in [0.15, 0.2) is 66.7 Å². The van der Waals surface area contributed by atoms with Gasteiger partial charge in [-0.15, -0.1) is 0 Å². The van der Waals surface area contributed by atoms with Gasteiger partial charge in [-0.3, -0.25) is 9.59 Å². The van der Waals surface area contributed by atoms with E-state index in [0.29, 0.717) is 6.42 Å². The molecule has 0 unspecified atom stereocenters. The van der Waals surface area contributed by atoms with Crippen LogP contribution in [0.25, 0.3) is 11.1 Å². The van der Waals surface area contributed by atoms with Crippen molar-refractivity contribution in [2.24, 2.45) is 5.92 Å². The molecule has 0 aliphatic heterocycles. The monoisotopic (exact) mass is 614 g/mol. The van der Waals surface area contributed by atoms with Crippen LogP contribution in [0.2, 0.25) is 0 Å². The van der Waals surface area contributed by atoms with Gasteiger partial charge in [0.2, 0.25) is 5.91 Å². The van der Waals surface area contributed by atoms with E-state index in [0.717, 1.165) is 28.0 Å². The summed E-state index contributed by atoms with van der Waals surface area (Å²) in [6, 6.07) is 17.6. The Bertz CT molecular complexity index is 1580. The number of carboxylic acids is 2. The zero-order valence-corrected chi connectivity index (χ0v) is 25.6. The van der Waals surface area contributed by atoms with Crippen molar-refractivity contribution in [3.63, 3.8) is 0 Å². The summed E-state index contributed by atoms with van der Waals surface area (Å²) in [5, 5.41) is 22.2. The number of amides is 3. The van der Waals surface area contributed by atoms with Crippen molar-refractivity contribution in [3.05, 3.63) is 89.0 Å². The second-order valence-corrected chi connectivity index (χ2v) is 11.7. The zero-order chi connectivity index (χ0) is 32.7. The molecule has 3 aromatic carbocycles. The topological polar surface area (TPSA) is 150 Å². The average Bonchev–Trinajstić information content (AvgIpc) is 3.37. The maximum absolute atomic E-state index is 13.5. The Morgan fingerprint density at radius 3 is 2.24 bits per heavy atom. The van der Waals surface area contributed by atoms with E-state index < -0.39 is 35.9 Å². The second kappa shape index (κ2) is 14.7. The Morgan fingerprint density at radius 2 is 1.60 bits per heavy atom. The molecule has 10 heteroatoms. The number of carbonyl (C=O) groups excluding carboxylic acids is 3. The third kappa shape index (κ3) is 8.14. The lowest BCUT2D eigenvalue weighted by atomic mass is 9.88. The van der Waals surface area contributed by atoms with Gasteiger partial charge in [-0.05, 0) is 89.6 Å². The number of rotatable bonds is 13. The molecule has 3 amide bonds. The summed E-state index contributed by atoms with van der Waals surface area (Å²) in [5.41, 5.74) is 6.04. The van der Waals surface area contributed by atoms with E-state index in [1.54, 1.807) is 13.8 Å². The van der Waals surface area contributed by atoms with E-state index in [2.05, 4.69) is 22.2 Å². The first kappa shape index (κ1) is 32.9. The number of urea groups is 1. The molecule has 2 atom stereocenters. The van der Waals surface area contributed by atoms with Crippen LogP contribution < -0.4 is 5.32 Å². The molecule has 45 heavy (non-hydrogen) atoms. The van der Waals surface area contributed by atoms with Crippen molar-refractivity contribution in [2.75, 3.05) is 12.4 Å². The number of aliphatic carboxylic acids is 2. The summed E-state index contributed by atoms with van der Waals surface area (Å²) in [5.74, 6) is -4.00. The van der Waals surface area contributed by atoms with E-state index >= 15 is 0 Å². The molecule has 10 nitrogen and oxygen atoms in total. The van der Waals surface area contributed by atoms with E-state index in [9.17, 15) is 34.2 Å². The van der Waals surface area contributed by atoms with E-state index in [1.165, 1.54) is 42.5 Å². The molecule has 236 valence electrons. The number of nitrogens with zero attached hydrogens (tertiary/aromatic N) is 1. The third-order valence-electron chi connectivity index (χ3n) is 7.99. The normalized spacial score (nSPS) is 12.9. The summed E-state index contributed by atoms with van der Waals surface area (Å²) < 4.78 is 4.68. The van der Waals surface area contributed by atoms with Gasteiger partial charge in [0, 0.05) is 12.1 Å². The largest absolute Gasteiger partial charge is 0.481 e. The Hall–Kier alpha value is -4.99. The van der Waals surface area contributed by atoms with Crippen LogP contribution in [-0.2, 0) is 25.5 Å². The van der Waals surface area contributed by atoms with Gasteiger partial charge in [-0.25, -0.2) is 19.3 Å². The third-order valence-corrected chi connectivity index (χ3v) is 7.99. The molecule has 3 aromatic rings. The maximum Gasteiger partial charge on any atom is 0.337 e. The van der Waals surface area contributed by atoms with Crippen LogP contribution in [0.1, 0.15) is 78.9 Å². The molecular weight excluding hydrogens is 576 g/mol. The number of fused-ring (bicyclic) bond motifs is 3. The van der Waals surface area contributed by atoms with Crippen molar-refractivity contribution in [1.82, 2.24) is 4.90 Å². The second-order valence-electron chi connectivity index (χ2n) is 11.7. The minimum absolute atomic E-state index is 0.0505. The number of carbonyl (C=O) groups is 5. The van der Waals surface area contributed by atoms with Gasteiger partial charge in [0.1, 0.15) is 6.04 Å². The van der Waals surface area contributed by atoms with Crippen molar-refractivity contribution in [1.29, 1.82) is 0 Å². The van der Waals surface area contributed by atoms with Crippen LogP contribution in [0.5, 0.6) is 0 Å². The highest BCUT2D eigenvalue weighted by Gasteiger charge is 2.35. The number of esters is 1. The standard InChI is InChI=1S/C35H38N2O8/c1-21(2)17-30(33(41)42)37(35(44)36-27-14-11-22(12-15-27)34(43)45-3)31(38)10-6-8-23(20-32(39)40)24-13-16-29-26(18-24)19-25-7-4-5-9-28(25)29/h4-5,7,9,11-16,18,21,23,30H,6,8,10,17,19-20H2,1-3H3,(H,36,44)(H,39,40)(H,41,42)/t23-,30+/m1/s1. The molecular formula is C35H38N2O8. The van der Waals surface area contributed by atoms with Crippen molar-refractivity contribution < 1.29 is 38.9 Å². The first-order valence-corrected chi connectivity index (χ1v) is 15.0. The predicted molar refractivity (Wildman–Crippen MR) is 168 cm³/mol. The van der Waals surface area contributed by atoms with E-state index in [1.807, 2.05) is 30.3 Å². The van der Waals surface area contributed by atoms with Crippen LogP contribution in [0.3, 0.4) is 0 Å². The molecule has 0 radical (unpaired) electrons. The molecule has 3 N–H and O–H groups in total. The number of carboxylic acid groups (broad SMARTS) is 2. The van der Waals surface area contributed by atoms with Gasteiger partial charge in [-0.1, -0.05) is 56.3 Å². The average molecular weight is 615 g/mol. The van der Waals surface area contributed by atoms with Gasteiger partial charge < -0.3 is 20.3 Å². The highest BCUT2D eigenvalue weighted by atomic mass is 16.5. The van der Waals surface area contributed by atoms with E-state index in [-0.39, 0.29) is 48.8 Å². The number of nitrogens with one attached hydrogen (secondary N) is 1. The van der Waals surface area contributed by atoms with Gasteiger partial charge in [0.15, 0.2) is 0 Å². The fourth-order valence-electron chi connectivity index (χ4n) is 5.82. The number of methoxy groups -OCH3 is 1. The molecule has 0 saturated carbocycles. The Labute approximate surface area is 262 Å². The number of anilines is 1. The first-order valence-electron chi connectivity index (χ1n) is 15.0. The molecule has 0 aromatic heterocycles. The van der Waals surface area contributed by atoms with Gasteiger partial charge in [0.25, 0.3) is 0 Å². The number of imide groups is 1. The van der Waals surface area contributed by atoms with Crippen molar-refractivity contribution in [2.45, 2.75) is 64.3 Å². The predicted octanol–water partition coefficient (Wildman–Crippen LogP) is 6.33. The Morgan fingerprint density at radius 1 is 0.911 bits per heavy atom. The number of benzene rings is 3. The maximum atomic E-state index is 13.5. The highest BCUT2D eigenvalue weighted by molar-refractivity contribution is 6.04. The summed E-state index contributed by atoms with van der Waals surface area (Å²) in [6.45, 7) is 3.60. The number of ether oxygens (including phenoxy) is 1. The summed E-state index contributed by atoms with van der Waals surface area (Å²) in [6.07, 6.45) is 1.14. The number of hydrogen-bond acceptors (Lipinski definition) is 6. The minimum atomic E-state index is -1.40. The molecule has 0 bridgehead atoms. The molecule has 4 rings (SSSR count). The lowest BCUT2D eigenvalue weighted by Gasteiger charge is -2.29. The SMILES string of the molecule is COC(=O)c1ccc(NC(=O)N(C(=O)CCC[C@H](CC(=O)O)c2ccc3c(c2)Cc2ccccc2-3)[C@@H](CC(C)C)C(=O)O)cc1. The lowest BCUT2D eigenvalue weighted by Crippen LogP contribution is -2.51. The molecule has 0 spiro atoms. The zero-order valence-electron chi connectivity index (χ0n) is 25.6. The molecule has 0 saturated heterocycles. The van der Waals surface area contributed by atoms with Crippen molar-refractivity contribution >= 4 is 35.5 Å². The summed E-state index contributed by atoms with van der Waals surface area (Å²) in [7, 11) is 1.25. The van der Waals surface area contributed by atoms with Gasteiger partial charge in [-0.2, -0.15) is 0 Å². The lowest BCUT2D eigenvalue weighted by molar-refractivity contribution is -0.148. The van der Waals surface area contributed by atoms with Gasteiger partial charge in [0.05, 0.1) is 19.1 Å². The quantitative estimate of drug-likeness (QED) is 0.148. The fourth-order valence-corrected chi connectivity index (χ4v) is 5.82.